The highest BCUT2D eigenvalue weighted by molar-refractivity contribution is 5.95. The van der Waals surface area contributed by atoms with Crippen molar-refractivity contribution < 1.29 is 4.79 Å². The Morgan fingerprint density at radius 1 is 1.06 bits per heavy atom. The van der Waals surface area contributed by atoms with E-state index < -0.39 is 0 Å². The van der Waals surface area contributed by atoms with E-state index in [2.05, 4.69) is 15.1 Å². The summed E-state index contributed by atoms with van der Waals surface area (Å²) in [4.78, 5) is 34.7. The van der Waals surface area contributed by atoms with Gasteiger partial charge in [0.2, 0.25) is 0 Å². The Kier molecular flexibility index (Phi) is 5.93. The van der Waals surface area contributed by atoms with E-state index in [4.69, 9.17) is 0 Å². The van der Waals surface area contributed by atoms with Gasteiger partial charge >= 0.3 is 0 Å². The standard InChI is InChI=1S/C24H25N5O2/c1-3-21-19(14-25-29(21)15-17-10-6-5-7-11-17)24(31)28(4-2)16-22-26-20-13-9-8-12-18(20)23(30)27-22/h5-14H,3-4,15-16H2,1-2H3,(H,26,27,30). The van der Waals surface area contributed by atoms with E-state index in [1.165, 1.54) is 0 Å². The number of fused-ring (bicyclic) bond motifs is 1. The van der Waals surface area contributed by atoms with Gasteiger partial charge in [-0.1, -0.05) is 49.4 Å². The average Bonchev–Trinajstić information content (AvgIpc) is 3.20. The number of carbonyl (C=O) groups excluding carboxylic acids is 1. The van der Waals surface area contributed by atoms with Gasteiger partial charge in [0.25, 0.3) is 11.5 Å². The lowest BCUT2D eigenvalue weighted by Gasteiger charge is -2.20. The first-order valence-electron chi connectivity index (χ1n) is 10.5. The molecule has 0 radical (unpaired) electrons. The predicted molar refractivity (Wildman–Crippen MR) is 120 cm³/mol. The Bertz CT molecular complexity index is 1260. The molecule has 0 aliphatic carbocycles. The first-order valence-corrected chi connectivity index (χ1v) is 10.5. The number of amides is 1. The van der Waals surface area contributed by atoms with Gasteiger partial charge in [-0.3, -0.25) is 14.3 Å². The minimum Gasteiger partial charge on any atom is -0.331 e. The maximum Gasteiger partial charge on any atom is 0.258 e. The van der Waals surface area contributed by atoms with Crippen LogP contribution in [0.1, 0.15) is 41.3 Å². The maximum absolute atomic E-state index is 13.3. The molecule has 0 aliphatic rings. The van der Waals surface area contributed by atoms with E-state index in [1.807, 2.05) is 54.9 Å². The number of hydrogen-bond acceptors (Lipinski definition) is 4. The molecular weight excluding hydrogens is 390 g/mol. The molecule has 0 saturated carbocycles. The van der Waals surface area contributed by atoms with Gasteiger partial charge in [0.15, 0.2) is 0 Å². The first-order chi connectivity index (χ1) is 15.1. The second-order valence-corrected chi connectivity index (χ2v) is 7.35. The fraction of sp³-hybridized carbons (Fsp3) is 0.250. The van der Waals surface area contributed by atoms with Crippen LogP contribution < -0.4 is 5.56 Å². The third-order valence-electron chi connectivity index (χ3n) is 5.36. The van der Waals surface area contributed by atoms with E-state index in [1.54, 1.807) is 29.3 Å². The lowest BCUT2D eigenvalue weighted by atomic mass is 10.1. The van der Waals surface area contributed by atoms with Gasteiger partial charge in [0.05, 0.1) is 41.4 Å². The second kappa shape index (κ2) is 8.95. The predicted octanol–water partition coefficient (Wildman–Crippen LogP) is 3.39. The molecule has 0 spiro atoms. The van der Waals surface area contributed by atoms with Crippen LogP contribution in [0.5, 0.6) is 0 Å². The highest BCUT2D eigenvalue weighted by Crippen LogP contribution is 2.16. The topological polar surface area (TPSA) is 83.9 Å². The van der Waals surface area contributed by atoms with E-state index in [9.17, 15) is 9.59 Å². The Labute approximate surface area is 180 Å². The average molecular weight is 415 g/mol. The minimum absolute atomic E-state index is 0.116. The molecule has 31 heavy (non-hydrogen) atoms. The zero-order chi connectivity index (χ0) is 21.8. The summed E-state index contributed by atoms with van der Waals surface area (Å²) in [5.74, 6) is 0.350. The molecule has 0 bridgehead atoms. The zero-order valence-corrected chi connectivity index (χ0v) is 17.7. The van der Waals surface area contributed by atoms with Crippen LogP contribution >= 0.6 is 0 Å². The quantitative estimate of drug-likeness (QED) is 0.501. The molecule has 4 rings (SSSR count). The van der Waals surface area contributed by atoms with Crippen LogP contribution in [0, 0.1) is 0 Å². The number of carbonyl (C=O) groups is 1. The number of para-hydroxylation sites is 1. The number of aromatic nitrogens is 4. The maximum atomic E-state index is 13.3. The van der Waals surface area contributed by atoms with Crippen LogP contribution in [0.25, 0.3) is 10.9 Å². The molecule has 7 heteroatoms. The summed E-state index contributed by atoms with van der Waals surface area (Å²) in [5, 5.41) is 5.02. The highest BCUT2D eigenvalue weighted by atomic mass is 16.2. The molecule has 7 nitrogen and oxygen atoms in total. The van der Waals surface area contributed by atoms with Gasteiger partial charge in [-0.05, 0) is 31.0 Å². The van der Waals surface area contributed by atoms with Crippen LogP contribution in [-0.2, 0) is 19.5 Å². The number of rotatable bonds is 7. The molecule has 2 aromatic carbocycles. The van der Waals surface area contributed by atoms with Gasteiger partial charge in [0.1, 0.15) is 5.82 Å². The monoisotopic (exact) mass is 415 g/mol. The molecule has 1 N–H and O–H groups in total. The van der Waals surface area contributed by atoms with E-state index in [0.29, 0.717) is 41.8 Å². The summed E-state index contributed by atoms with van der Waals surface area (Å²) < 4.78 is 1.88. The molecular formula is C24H25N5O2. The summed E-state index contributed by atoms with van der Waals surface area (Å²) in [5.41, 5.74) is 3.03. The molecule has 0 unspecified atom stereocenters. The van der Waals surface area contributed by atoms with E-state index >= 15 is 0 Å². The van der Waals surface area contributed by atoms with Gasteiger partial charge in [-0.2, -0.15) is 5.10 Å². The van der Waals surface area contributed by atoms with Crippen molar-refractivity contribution in [3.05, 3.63) is 93.8 Å². The summed E-state index contributed by atoms with van der Waals surface area (Å²) in [6, 6.07) is 17.2. The fourth-order valence-corrected chi connectivity index (χ4v) is 3.74. The smallest absolute Gasteiger partial charge is 0.258 e. The lowest BCUT2D eigenvalue weighted by molar-refractivity contribution is 0.0747. The first kappa shape index (κ1) is 20.5. The zero-order valence-electron chi connectivity index (χ0n) is 17.7. The van der Waals surface area contributed by atoms with Crippen molar-refractivity contribution in [3.63, 3.8) is 0 Å². The van der Waals surface area contributed by atoms with Crippen LogP contribution in [0.3, 0.4) is 0 Å². The van der Waals surface area contributed by atoms with Crippen LogP contribution in [0.15, 0.2) is 65.6 Å². The third kappa shape index (κ3) is 4.26. The second-order valence-electron chi connectivity index (χ2n) is 7.35. The fourth-order valence-electron chi connectivity index (χ4n) is 3.74. The largest absolute Gasteiger partial charge is 0.331 e. The van der Waals surface area contributed by atoms with Crippen molar-refractivity contribution in [2.45, 2.75) is 33.4 Å². The van der Waals surface area contributed by atoms with Gasteiger partial charge < -0.3 is 9.88 Å². The van der Waals surface area contributed by atoms with Crippen molar-refractivity contribution >= 4 is 16.8 Å². The Hall–Kier alpha value is -3.74. The molecule has 0 atom stereocenters. The highest BCUT2D eigenvalue weighted by Gasteiger charge is 2.22. The van der Waals surface area contributed by atoms with Crippen molar-refractivity contribution in [1.82, 2.24) is 24.6 Å². The van der Waals surface area contributed by atoms with E-state index in [-0.39, 0.29) is 18.0 Å². The molecule has 2 heterocycles. The summed E-state index contributed by atoms with van der Waals surface area (Å²) in [7, 11) is 0. The summed E-state index contributed by atoms with van der Waals surface area (Å²) in [6.45, 7) is 5.26. The van der Waals surface area contributed by atoms with Crippen molar-refractivity contribution in [1.29, 1.82) is 0 Å². The molecule has 4 aromatic rings. The Balaban J connectivity index is 1.60. The molecule has 2 aromatic heterocycles. The number of hydrogen-bond donors (Lipinski definition) is 1. The normalized spacial score (nSPS) is 11.0. The molecule has 1 amide bonds. The van der Waals surface area contributed by atoms with Crippen LogP contribution in [-0.4, -0.2) is 37.1 Å². The minimum atomic E-state index is -0.200. The molecule has 0 saturated heterocycles. The lowest BCUT2D eigenvalue weighted by Crippen LogP contribution is -2.32. The van der Waals surface area contributed by atoms with Crippen LogP contribution in [0.2, 0.25) is 0 Å². The summed E-state index contributed by atoms with van der Waals surface area (Å²) in [6.07, 6.45) is 2.33. The Morgan fingerprint density at radius 2 is 1.81 bits per heavy atom. The van der Waals surface area contributed by atoms with Crippen LogP contribution in [0.4, 0.5) is 0 Å². The molecule has 158 valence electrons. The molecule has 0 fully saturated rings. The number of nitrogens with one attached hydrogen (secondary N) is 1. The molecule has 0 aliphatic heterocycles. The van der Waals surface area contributed by atoms with Crippen molar-refractivity contribution in [2.75, 3.05) is 6.54 Å². The van der Waals surface area contributed by atoms with Gasteiger partial charge in [-0.25, -0.2) is 4.98 Å². The third-order valence-corrected chi connectivity index (χ3v) is 5.36. The van der Waals surface area contributed by atoms with Gasteiger partial charge in [0, 0.05) is 6.54 Å². The number of aromatic amines is 1. The van der Waals surface area contributed by atoms with Crippen molar-refractivity contribution in [2.24, 2.45) is 0 Å². The summed E-state index contributed by atoms with van der Waals surface area (Å²) >= 11 is 0. The van der Waals surface area contributed by atoms with E-state index in [0.717, 1.165) is 11.3 Å². The van der Waals surface area contributed by atoms with Crippen molar-refractivity contribution in [3.8, 4) is 0 Å². The number of benzene rings is 2. The van der Waals surface area contributed by atoms with Gasteiger partial charge in [-0.15, -0.1) is 0 Å². The Morgan fingerprint density at radius 3 is 2.55 bits per heavy atom. The SMILES string of the molecule is CCc1c(C(=O)N(CC)Cc2nc3ccccc3c(=O)[nH]2)cnn1Cc1ccccc1. The number of nitrogens with zero attached hydrogens (tertiary/aromatic N) is 4. The number of H-pyrrole nitrogens is 1.